The van der Waals surface area contributed by atoms with E-state index in [0.29, 0.717) is 12.0 Å². The smallest absolute Gasteiger partial charge is 0.262 e. The number of thiophene rings is 1. The molecule has 0 fully saturated rings. The SMILES string of the molecule is CC#Cc1sc(C)c2c1C(=O)N(C)C(=O)C2. The first-order chi connectivity index (χ1) is 7.56. The van der Waals surface area contributed by atoms with Gasteiger partial charge in [-0.1, -0.05) is 5.92 Å². The predicted molar refractivity (Wildman–Crippen MR) is 62.4 cm³/mol. The largest absolute Gasteiger partial charge is 0.281 e. The molecule has 2 heterocycles. The number of amides is 2. The number of likely N-dealkylation sites (N-methyl/N-ethyl adjacent to an activating group) is 1. The zero-order valence-corrected chi connectivity index (χ0v) is 10.2. The maximum Gasteiger partial charge on any atom is 0.262 e. The molecule has 2 amide bonds. The van der Waals surface area contributed by atoms with Crippen LogP contribution in [-0.2, 0) is 11.2 Å². The van der Waals surface area contributed by atoms with Crippen LogP contribution >= 0.6 is 11.3 Å². The number of rotatable bonds is 0. The van der Waals surface area contributed by atoms with Crippen LogP contribution in [0.2, 0.25) is 0 Å². The van der Waals surface area contributed by atoms with Gasteiger partial charge in [-0.3, -0.25) is 14.5 Å². The molecular formula is C12H11NO2S. The van der Waals surface area contributed by atoms with Gasteiger partial charge in [0.05, 0.1) is 16.9 Å². The van der Waals surface area contributed by atoms with Gasteiger partial charge >= 0.3 is 0 Å². The Morgan fingerprint density at radius 3 is 2.69 bits per heavy atom. The summed E-state index contributed by atoms with van der Waals surface area (Å²) in [6.07, 6.45) is 0.311. The molecule has 0 aliphatic carbocycles. The van der Waals surface area contributed by atoms with E-state index in [1.165, 1.54) is 23.3 Å². The predicted octanol–water partition coefficient (Wildman–Crippen LogP) is 1.58. The lowest BCUT2D eigenvalue weighted by molar-refractivity contribution is -0.127. The van der Waals surface area contributed by atoms with Crippen molar-refractivity contribution in [3.63, 3.8) is 0 Å². The molecule has 2 rings (SSSR count). The van der Waals surface area contributed by atoms with Crippen molar-refractivity contribution in [2.45, 2.75) is 20.3 Å². The Kier molecular flexibility index (Phi) is 2.56. The summed E-state index contributed by atoms with van der Waals surface area (Å²) in [6, 6.07) is 0. The average Bonchev–Trinajstić information content (AvgIpc) is 2.53. The molecule has 0 atom stereocenters. The highest BCUT2D eigenvalue weighted by molar-refractivity contribution is 7.13. The maximum absolute atomic E-state index is 12.0. The number of hydrogen-bond donors (Lipinski definition) is 0. The average molecular weight is 233 g/mol. The second kappa shape index (κ2) is 3.76. The molecule has 3 nitrogen and oxygen atoms in total. The molecule has 0 N–H and O–H groups in total. The Bertz CT molecular complexity index is 545. The van der Waals surface area contributed by atoms with Gasteiger partial charge in [0.2, 0.25) is 5.91 Å². The van der Waals surface area contributed by atoms with Crippen molar-refractivity contribution in [1.82, 2.24) is 4.90 Å². The minimum atomic E-state index is -0.228. The first-order valence-corrected chi connectivity index (χ1v) is 5.73. The third-order valence-corrected chi connectivity index (χ3v) is 3.73. The molecule has 0 unspecified atom stereocenters. The van der Waals surface area contributed by atoms with Crippen molar-refractivity contribution < 1.29 is 9.59 Å². The van der Waals surface area contributed by atoms with Crippen LogP contribution in [0.1, 0.15) is 32.6 Å². The van der Waals surface area contributed by atoms with Crippen LogP contribution in [0.25, 0.3) is 0 Å². The highest BCUT2D eigenvalue weighted by Crippen LogP contribution is 2.32. The zero-order valence-electron chi connectivity index (χ0n) is 9.38. The van der Waals surface area contributed by atoms with Crippen LogP contribution in [0.3, 0.4) is 0 Å². The number of nitrogens with zero attached hydrogens (tertiary/aromatic N) is 1. The van der Waals surface area contributed by atoms with E-state index < -0.39 is 0 Å². The molecule has 0 radical (unpaired) electrons. The molecule has 4 heteroatoms. The van der Waals surface area contributed by atoms with Gasteiger partial charge in [-0.15, -0.1) is 17.3 Å². The second-order valence-corrected chi connectivity index (χ2v) is 4.88. The summed E-state index contributed by atoms with van der Waals surface area (Å²) in [6.45, 7) is 3.67. The standard InChI is InChI=1S/C12H11NO2S/c1-4-5-9-11-8(7(2)16-9)6-10(14)13(3)12(11)15/h6H2,1-3H3. The summed E-state index contributed by atoms with van der Waals surface area (Å²) in [5, 5.41) is 0. The Labute approximate surface area is 98.1 Å². The third kappa shape index (κ3) is 1.44. The molecule has 1 aliphatic heterocycles. The molecule has 82 valence electrons. The van der Waals surface area contributed by atoms with Crippen LogP contribution in [0, 0.1) is 18.8 Å². The van der Waals surface area contributed by atoms with E-state index in [-0.39, 0.29) is 11.8 Å². The Morgan fingerprint density at radius 2 is 2.06 bits per heavy atom. The number of carbonyl (C=O) groups excluding carboxylic acids is 2. The molecular weight excluding hydrogens is 222 g/mol. The molecule has 0 aromatic carbocycles. The summed E-state index contributed by atoms with van der Waals surface area (Å²) in [4.78, 5) is 26.5. The number of fused-ring (bicyclic) bond motifs is 1. The van der Waals surface area contributed by atoms with Gasteiger partial charge in [0.15, 0.2) is 0 Å². The number of hydrogen-bond acceptors (Lipinski definition) is 3. The Balaban J connectivity index is 2.66. The normalized spacial score (nSPS) is 14.6. The van der Waals surface area contributed by atoms with E-state index in [1.807, 2.05) is 6.92 Å². The van der Waals surface area contributed by atoms with E-state index in [4.69, 9.17) is 0 Å². The van der Waals surface area contributed by atoms with Crippen molar-refractivity contribution in [3.8, 4) is 11.8 Å². The van der Waals surface area contributed by atoms with Crippen molar-refractivity contribution in [3.05, 3.63) is 20.9 Å². The molecule has 1 aromatic rings. The van der Waals surface area contributed by atoms with E-state index in [1.54, 1.807) is 6.92 Å². The first kappa shape index (κ1) is 10.9. The summed E-state index contributed by atoms with van der Waals surface area (Å²) in [5.41, 5.74) is 1.48. The van der Waals surface area contributed by atoms with E-state index in [9.17, 15) is 9.59 Å². The highest BCUT2D eigenvalue weighted by atomic mass is 32.1. The fourth-order valence-corrected chi connectivity index (χ4v) is 2.84. The van der Waals surface area contributed by atoms with Gasteiger partial charge in [0.1, 0.15) is 0 Å². The van der Waals surface area contributed by atoms with Crippen molar-refractivity contribution >= 4 is 23.2 Å². The summed E-state index contributed by atoms with van der Waals surface area (Å²) < 4.78 is 0. The quantitative estimate of drug-likeness (QED) is 0.504. The highest BCUT2D eigenvalue weighted by Gasteiger charge is 2.32. The topological polar surface area (TPSA) is 37.4 Å². The number of imide groups is 1. The lowest BCUT2D eigenvalue weighted by Gasteiger charge is -2.21. The van der Waals surface area contributed by atoms with Crippen LogP contribution in [-0.4, -0.2) is 23.8 Å². The fourth-order valence-electron chi connectivity index (χ4n) is 1.77. The van der Waals surface area contributed by atoms with Crippen LogP contribution in [0.15, 0.2) is 0 Å². The molecule has 16 heavy (non-hydrogen) atoms. The minimum Gasteiger partial charge on any atom is -0.281 e. The van der Waals surface area contributed by atoms with Gasteiger partial charge in [-0.05, 0) is 19.4 Å². The molecule has 0 saturated heterocycles. The van der Waals surface area contributed by atoms with Gasteiger partial charge in [0, 0.05) is 11.9 Å². The van der Waals surface area contributed by atoms with Crippen LogP contribution in [0.5, 0.6) is 0 Å². The lowest BCUT2D eigenvalue weighted by Crippen LogP contribution is -2.39. The summed E-state index contributed by atoms with van der Waals surface area (Å²) in [5.74, 6) is 5.36. The van der Waals surface area contributed by atoms with Gasteiger partial charge in [0.25, 0.3) is 5.91 Å². The molecule has 0 spiro atoms. The number of carbonyl (C=O) groups is 2. The van der Waals surface area contributed by atoms with Gasteiger partial charge < -0.3 is 0 Å². The molecule has 0 bridgehead atoms. The number of aryl methyl sites for hydroxylation is 1. The van der Waals surface area contributed by atoms with Crippen LogP contribution < -0.4 is 0 Å². The third-order valence-electron chi connectivity index (χ3n) is 2.67. The Morgan fingerprint density at radius 1 is 1.38 bits per heavy atom. The van der Waals surface area contributed by atoms with Crippen molar-refractivity contribution in [2.24, 2.45) is 0 Å². The van der Waals surface area contributed by atoms with E-state index in [0.717, 1.165) is 15.3 Å². The van der Waals surface area contributed by atoms with Gasteiger partial charge in [-0.2, -0.15) is 0 Å². The monoisotopic (exact) mass is 233 g/mol. The maximum atomic E-state index is 12.0. The van der Waals surface area contributed by atoms with E-state index in [2.05, 4.69) is 11.8 Å². The van der Waals surface area contributed by atoms with Crippen LogP contribution in [0.4, 0.5) is 0 Å². The summed E-state index contributed by atoms with van der Waals surface area (Å²) >= 11 is 1.49. The summed E-state index contributed by atoms with van der Waals surface area (Å²) in [7, 11) is 1.52. The molecule has 1 aliphatic rings. The Hall–Kier alpha value is -1.60. The first-order valence-electron chi connectivity index (χ1n) is 4.92. The molecule has 0 saturated carbocycles. The fraction of sp³-hybridized carbons (Fsp3) is 0.333. The lowest BCUT2D eigenvalue weighted by atomic mass is 10.00. The molecule has 1 aromatic heterocycles. The second-order valence-electron chi connectivity index (χ2n) is 3.65. The zero-order chi connectivity index (χ0) is 11.9. The van der Waals surface area contributed by atoms with Crippen molar-refractivity contribution in [1.29, 1.82) is 0 Å². The van der Waals surface area contributed by atoms with E-state index >= 15 is 0 Å². The minimum absolute atomic E-state index is 0.144. The van der Waals surface area contributed by atoms with Crippen molar-refractivity contribution in [2.75, 3.05) is 7.05 Å². The van der Waals surface area contributed by atoms with Gasteiger partial charge in [-0.25, -0.2) is 0 Å².